The first-order valence-corrected chi connectivity index (χ1v) is 10.0. The number of esters is 2. The molecule has 0 unspecified atom stereocenters. The van der Waals surface area contributed by atoms with Gasteiger partial charge < -0.3 is 9.47 Å². The van der Waals surface area contributed by atoms with E-state index in [9.17, 15) is 14.4 Å². The number of halogens is 1. The second-order valence-electron chi connectivity index (χ2n) is 7.38. The Morgan fingerprint density at radius 2 is 1.93 bits per heavy atom. The summed E-state index contributed by atoms with van der Waals surface area (Å²) in [5.41, 5.74) is 2.12. The molecule has 0 radical (unpaired) electrons. The van der Waals surface area contributed by atoms with E-state index in [1.54, 1.807) is 38.1 Å². The highest BCUT2D eigenvalue weighted by molar-refractivity contribution is 6.31. The maximum Gasteiger partial charge on any atom is 0.336 e. The molecule has 0 amide bonds. The van der Waals surface area contributed by atoms with Crippen LogP contribution in [0.15, 0.2) is 40.5 Å². The molecule has 0 spiro atoms. The number of nitrogens with zero attached hydrogens (tertiary/aromatic N) is 1. The average Bonchev–Trinajstić information content (AvgIpc) is 2.67. The molecule has 1 fully saturated rings. The molecule has 1 saturated carbocycles. The first kappa shape index (κ1) is 21.2. The lowest BCUT2D eigenvalue weighted by atomic mass is 9.63. The third-order valence-electron chi connectivity index (χ3n) is 5.61. The minimum atomic E-state index is -0.907. The number of ketones is 1. The molecule has 29 heavy (non-hydrogen) atoms. The highest BCUT2D eigenvalue weighted by Gasteiger charge is 2.51. The molecule has 3 rings (SSSR count). The SMILES string of the molecule is CCOC(=O)C1=C(C)N=C2C[C@@H](C)[C@@H](C(=O)OC)C(=O)[C@@H]2[C@H]1c1ccccc1Cl. The number of fused-ring (bicyclic) bond motifs is 1. The van der Waals surface area contributed by atoms with Gasteiger partial charge in [-0.3, -0.25) is 14.6 Å². The summed E-state index contributed by atoms with van der Waals surface area (Å²) in [7, 11) is 1.27. The van der Waals surface area contributed by atoms with Crippen molar-refractivity contribution in [2.24, 2.45) is 22.7 Å². The van der Waals surface area contributed by atoms with Crippen LogP contribution >= 0.6 is 11.6 Å². The van der Waals surface area contributed by atoms with Crippen LogP contribution in [-0.2, 0) is 23.9 Å². The molecule has 1 aliphatic heterocycles. The van der Waals surface area contributed by atoms with Crippen LogP contribution in [0.3, 0.4) is 0 Å². The number of hydrogen-bond acceptors (Lipinski definition) is 6. The normalized spacial score (nSPS) is 26.5. The number of Topliss-reactive ketones (excluding diaryl/α,β-unsaturated/α-hetero) is 1. The first-order valence-electron chi connectivity index (χ1n) is 9.63. The lowest BCUT2D eigenvalue weighted by Crippen LogP contribution is -2.48. The summed E-state index contributed by atoms with van der Waals surface area (Å²) < 4.78 is 10.1. The first-order chi connectivity index (χ1) is 13.8. The number of carbonyl (C=O) groups excluding carboxylic acids is 3. The summed E-state index contributed by atoms with van der Waals surface area (Å²) in [6, 6.07) is 7.10. The summed E-state index contributed by atoms with van der Waals surface area (Å²) in [6.07, 6.45) is 0.463. The van der Waals surface area contributed by atoms with Gasteiger partial charge in [0.15, 0.2) is 5.78 Å². The fraction of sp³-hybridized carbons (Fsp3) is 0.455. The quantitative estimate of drug-likeness (QED) is 0.550. The third-order valence-corrected chi connectivity index (χ3v) is 5.95. The van der Waals surface area contributed by atoms with E-state index in [0.717, 1.165) is 0 Å². The van der Waals surface area contributed by atoms with Gasteiger partial charge in [-0.1, -0.05) is 36.7 Å². The molecule has 2 aliphatic rings. The number of aliphatic imine (C=N–C) groups is 1. The molecule has 1 heterocycles. The number of methoxy groups -OCH3 is 1. The molecule has 4 atom stereocenters. The van der Waals surface area contributed by atoms with E-state index in [1.807, 2.05) is 6.92 Å². The van der Waals surface area contributed by atoms with Gasteiger partial charge >= 0.3 is 11.9 Å². The molecule has 7 heteroatoms. The predicted molar refractivity (Wildman–Crippen MR) is 109 cm³/mol. The Morgan fingerprint density at radius 3 is 2.55 bits per heavy atom. The van der Waals surface area contributed by atoms with Gasteiger partial charge in [-0.25, -0.2) is 4.79 Å². The number of rotatable bonds is 4. The average molecular weight is 418 g/mol. The van der Waals surface area contributed by atoms with E-state index in [2.05, 4.69) is 4.99 Å². The van der Waals surface area contributed by atoms with Crippen LogP contribution in [0.25, 0.3) is 0 Å². The molecule has 0 N–H and O–H groups in total. The van der Waals surface area contributed by atoms with Gasteiger partial charge in [-0.05, 0) is 37.8 Å². The zero-order valence-corrected chi connectivity index (χ0v) is 17.7. The van der Waals surface area contributed by atoms with Crippen molar-refractivity contribution in [2.45, 2.75) is 33.1 Å². The summed E-state index contributed by atoms with van der Waals surface area (Å²) in [6.45, 7) is 5.49. The monoisotopic (exact) mass is 417 g/mol. The van der Waals surface area contributed by atoms with Crippen LogP contribution in [0.2, 0.25) is 5.02 Å². The summed E-state index contributed by atoms with van der Waals surface area (Å²) >= 11 is 6.47. The van der Waals surface area contributed by atoms with E-state index in [0.29, 0.717) is 34.0 Å². The standard InChI is InChI=1S/C22H24ClNO5/c1-5-29-22(27)17-12(3)24-15-10-11(2)16(21(26)28-4)20(25)19(15)18(17)13-8-6-7-9-14(13)23/h6-9,11,16,18-19H,5,10H2,1-4H3/t11-,16-,18+,19+/m1/s1. The number of hydrogen-bond donors (Lipinski definition) is 0. The van der Waals surface area contributed by atoms with Gasteiger partial charge in [0.1, 0.15) is 5.92 Å². The summed E-state index contributed by atoms with van der Waals surface area (Å²) in [5.74, 6) is -3.97. The van der Waals surface area contributed by atoms with E-state index in [-0.39, 0.29) is 18.3 Å². The smallest absolute Gasteiger partial charge is 0.336 e. The van der Waals surface area contributed by atoms with Crippen molar-refractivity contribution >= 4 is 35.0 Å². The van der Waals surface area contributed by atoms with Crippen LogP contribution in [0, 0.1) is 17.8 Å². The molecule has 154 valence electrons. The topological polar surface area (TPSA) is 82.0 Å². The van der Waals surface area contributed by atoms with E-state index >= 15 is 0 Å². The number of allylic oxidation sites excluding steroid dienone is 1. The molecule has 0 aromatic heterocycles. The lowest BCUT2D eigenvalue weighted by Gasteiger charge is -2.40. The van der Waals surface area contributed by atoms with Crippen molar-refractivity contribution in [3.8, 4) is 0 Å². The highest BCUT2D eigenvalue weighted by Crippen LogP contribution is 2.47. The Bertz CT molecular complexity index is 920. The molecule has 1 aromatic carbocycles. The lowest BCUT2D eigenvalue weighted by molar-refractivity contribution is -0.152. The van der Waals surface area contributed by atoms with Crippen molar-refractivity contribution in [3.63, 3.8) is 0 Å². The largest absolute Gasteiger partial charge is 0.468 e. The number of benzene rings is 1. The minimum Gasteiger partial charge on any atom is -0.468 e. The maximum atomic E-state index is 13.5. The number of ether oxygens (including phenoxy) is 2. The molecule has 1 aliphatic carbocycles. The van der Waals surface area contributed by atoms with E-state index in [1.165, 1.54) is 7.11 Å². The van der Waals surface area contributed by atoms with Gasteiger partial charge in [0, 0.05) is 22.3 Å². The highest BCUT2D eigenvalue weighted by atomic mass is 35.5. The molecule has 0 bridgehead atoms. The minimum absolute atomic E-state index is 0.196. The van der Waals surface area contributed by atoms with Gasteiger partial charge in [-0.2, -0.15) is 0 Å². The Morgan fingerprint density at radius 1 is 1.24 bits per heavy atom. The van der Waals surface area contributed by atoms with Crippen molar-refractivity contribution in [1.29, 1.82) is 0 Å². The van der Waals surface area contributed by atoms with Crippen LogP contribution < -0.4 is 0 Å². The van der Waals surface area contributed by atoms with Crippen molar-refractivity contribution in [2.75, 3.05) is 13.7 Å². The Balaban J connectivity index is 2.20. The second-order valence-corrected chi connectivity index (χ2v) is 7.79. The van der Waals surface area contributed by atoms with Gasteiger partial charge in [0.05, 0.1) is 25.2 Å². The summed E-state index contributed by atoms with van der Waals surface area (Å²) in [5, 5.41) is 0.439. The Hall–Kier alpha value is -2.47. The zero-order valence-electron chi connectivity index (χ0n) is 16.9. The molecular formula is C22H24ClNO5. The predicted octanol–water partition coefficient (Wildman–Crippen LogP) is 3.73. The van der Waals surface area contributed by atoms with Crippen LogP contribution in [0.4, 0.5) is 0 Å². The van der Waals surface area contributed by atoms with E-state index in [4.69, 9.17) is 21.1 Å². The summed E-state index contributed by atoms with van der Waals surface area (Å²) in [4.78, 5) is 43.3. The van der Waals surface area contributed by atoms with Crippen molar-refractivity contribution in [3.05, 3.63) is 46.1 Å². The Kier molecular flexibility index (Phi) is 6.22. The second kappa shape index (κ2) is 8.49. The fourth-order valence-electron chi connectivity index (χ4n) is 4.37. The number of carbonyl (C=O) groups is 3. The van der Waals surface area contributed by atoms with Crippen molar-refractivity contribution < 1.29 is 23.9 Å². The Labute approximate surface area is 174 Å². The van der Waals surface area contributed by atoms with Crippen LogP contribution in [-0.4, -0.2) is 37.2 Å². The fourth-order valence-corrected chi connectivity index (χ4v) is 4.63. The van der Waals surface area contributed by atoms with Gasteiger partial charge in [0.2, 0.25) is 0 Å². The molecular weight excluding hydrogens is 394 g/mol. The molecule has 1 aromatic rings. The van der Waals surface area contributed by atoms with Crippen LogP contribution in [0.1, 0.15) is 38.7 Å². The van der Waals surface area contributed by atoms with Gasteiger partial charge in [-0.15, -0.1) is 0 Å². The molecule has 0 saturated heterocycles. The molecule has 6 nitrogen and oxygen atoms in total. The maximum absolute atomic E-state index is 13.5. The van der Waals surface area contributed by atoms with Crippen LogP contribution in [0.5, 0.6) is 0 Å². The third kappa shape index (κ3) is 3.73. The zero-order chi connectivity index (χ0) is 21.3. The van der Waals surface area contributed by atoms with E-state index < -0.39 is 29.7 Å². The van der Waals surface area contributed by atoms with Crippen molar-refractivity contribution in [1.82, 2.24) is 0 Å². The van der Waals surface area contributed by atoms with Gasteiger partial charge in [0.25, 0.3) is 0 Å².